The number of halogens is 6. The van der Waals surface area contributed by atoms with Gasteiger partial charge >= 0.3 is 11.0 Å². The van der Waals surface area contributed by atoms with E-state index in [4.69, 9.17) is 0 Å². The number of alkyl halides is 6. The molecule has 0 atom stereocenters. The molecule has 0 fully saturated rings. The number of nitrogens with one attached hydrogen (secondary N) is 1. The van der Waals surface area contributed by atoms with Gasteiger partial charge in [-0.1, -0.05) is 13.8 Å². The topological polar surface area (TPSA) is 102 Å². The molecule has 0 aliphatic rings. The number of imidazole rings is 1. The summed E-state index contributed by atoms with van der Waals surface area (Å²) in [7, 11) is -11.4. The van der Waals surface area contributed by atoms with Crippen LogP contribution in [0.1, 0.15) is 31.3 Å². The number of hydrogen-bond donors (Lipinski definition) is 1. The first kappa shape index (κ1) is 23.6. The summed E-state index contributed by atoms with van der Waals surface area (Å²) in [5.74, 6) is 1.82. The summed E-state index contributed by atoms with van der Waals surface area (Å²) >= 11 is 0. The van der Waals surface area contributed by atoms with Gasteiger partial charge in [0, 0.05) is 12.8 Å². The van der Waals surface area contributed by atoms with Gasteiger partial charge in [-0.15, -0.1) is 0 Å². The zero-order chi connectivity index (χ0) is 20.4. The SMILES string of the molecule is Cc1[nH]cc(C(C)C)[n+]1C.O=S(=O)([N-]S(=O)(=O)C(F)(F)F)C(F)(F)F. The maximum Gasteiger partial charge on any atom is 0.480 e. The Morgan fingerprint density at radius 3 is 1.52 bits per heavy atom. The van der Waals surface area contributed by atoms with Crippen molar-refractivity contribution < 1.29 is 47.7 Å². The van der Waals surface area contributed by atoms with Crippen LogP contribution in [0.3, 0.4) is 0 Å². The lowest BCUT2D eigenvalue weighted by Crippen LogP contribution is -2.34. The van der Waals surface area contributed by atoms with E-state index in [2.05, 4.69) is 43.6 Å². The van der Waals surface area contributed by atoms with E-state index in [-0.39, 0.29) is 0 Å². The fourth-order valence-electron chi connectivity index (χ4n) is 1.33. The molecule has 1 N–H and O–H groups in total. The van der Waals surface area contributed by atoms with Crippen molar-refractivity contribution in [2.24, 2.45) is 7.05 Å². The highest BCUT2D eigenvalue weighted by Gasteiger charge is 2.46. The molecule has 0 aliphatic carbocycles. The van der Waals surface area contributed by atoms with Crippen molar-refractivity contribution in [3.63, 3.8) is 0 Å². The predicted octanol–water partition coefficient (Wildman–Crippen LogP) is 2.33. The number of aromatic nitrogens is 2. The maximum atomic E-state index is 11.4. The highest BCUT2D eigenvalue weighted by Crippen LogP contribution is 2.36. The molecule has 25 heavy (non-hydrogen) atoms. The number of hydrogen-bond acceptors (Lipinski definition) is 4. The average Bonchev–Trinajstić information content (AvgIpc) is 2.66. The molecule has 0 unspecified atom stereocenters. The van der Waals surface area contributed by atoms with Crippen LogP contribution in [0, 0.1) is 6.92 Å². The van der Waals surface area contributed by atoms with Gasteiger partial charge in [0.15, 0.2) is 20.0 Å². The number of aromatic amines is 1. The number of aryl methyl sites for hydroxylation is 1. The largest absolute Gasteiger partial charge is 0.480 e. The van der Waals surface area contributed by atoms with E-state index in [9.17, 15) is 43.2 Å². The van der Waals surface area contributed by atoms with E-state index in [0.29, 0.717) is 5.92 Å². The normalized spacial score (nSPS) is 13.6. The molecule has 0 radical (unpaired) electrons. The van der Waals surface area contributed by atoms with Gasteiger partial charge in [0.25, 0.3) is 5.82 Å². The van der Waals surface area contributed by atoms with Gasteiger partial charge in [-0.25, -0.2) is 26.4 Å². The third-order valence-electron chi connectivity index (χ3n) is 2.69. The van der Waals surface area contributed by atoms with Crippen LogP contribution in [0.2, 0.25) is 0 Å². The number of rotatable bonds is 3. The lowest BCUT2D eigenvalue weighted by Gasteiger charge is -2.22. The Labute approximate surface area is 140 Å². The third kappa shape index (κ3) is 6.14. The highest BCUT2D eigenvalue weighted by molar-refractivity contribution is 8.13. The monoisotopic (exact) mass is 419 g/mol. The second-order valence-electron chi connectivity index (χ2n) is 4.93. The number of sulfonamides is 2. The quantitative estimate of drug-likeness (QED) is 0.600. The van der Waals surface area contributed by atoms with Gasteiger partial charge in [-0.05, 0) is 0 Å². The fraction of sp³-hybridized carbons (Fsp3) is 0.700. The molecule has 0 saturated heterocycles. The summed E-state index contributed by atoms with van der Waals surface area (Å²) in [5, 5.41) is 0. The fourth-order valence-corrected chi connectivity index (χ4v) is 3.04. The Balaban J connectivity index is 0.000000496. The van der Waals surface area contributed by atoms with Gasteiger partial charge in [0.05, 0.1) is 7.05 Å². The Morgan fingerprint density at radius 1 is 1.00 bits per heavy atom. The van der Waals surface area contributed by atoms with Gasteiger partial charge in [-0.3, -0.25) is 0 Å². The molecular formula is C10H15F6N3O4S2. The summed E-state index contributed by atoms with van der Waals surface area (Å²) in [5.41, 5.74) is -11.0. The Bertz CT molecular complexity index is 752. The van der Waals surface area contributed by atoms with Gasteiger partial charge in [0.1, 0.15) is 11.9 Å². The van der Waals surface area contributed by atoms with Crippen molar-refractivity contribution in [2.75, 3.05) is 0 Å². The van der Waals surface area contributed by atoms with E-state index >= 15 is 0 Å². The van der Waals surface area contributed by atoms with E-state index < -0.39 is 31.1 Å². The third-order valence-corrected chi connectivity index (χ3v) is 5.43. The van der Waals surface area contributed by atoms with Crippen LogP contribution in [-0.4, -0.2) is 32.8 Å². The molecular weight excluding hydrogens is 404 g/mol. The van der Waals surface area contributed by atoms with E-state index in [1.54, 1.807) is 0 Å². The minimum absolute atomic E-state index is 0.606. The van der Waals surface area contributed by atoms with Gasteiger partial charge in [0.2, 0.25) is 0 Å². The van der Waals surface area contributed by atoms with E-state index in [1.165, 1.54) is 11.5 Å². The van der Waals surface area contributed by atoms with Crippen LogP contribution in [0.4, 0.5) is 26.3 Å². The highest BCUT2D eigenvalue weighted by atomic mass is 32.3. The second-order valence-corrected chi connectivity index (χ2v) is 8.35. The average molecular weight is 419 g/mol. The minimum atomic E-state index is -6.72. The molecule has 0 bridgehead atoms. The molecule has 7 nitrogen and oxygen atoms in total. The molecule has 0 amide bonds. The summed E-state index contributed by atoms with van der Waals surface area (Å²) in [6, 6.07) is 0. The first-order valence-corrected chi connectivity index (χ1v) is 9.12. The standard InChI is InChI=1S/C8H14N2.C2F6NO4S2/c1-6(2)8-5-9-7(3)10(8)4;3-1(4,5)14(10,11)9-15(12,13)2(6,7)8/h5-6H,1-4H3;/q;-1/p+1. The molecule has 1 aromatic rings. The minimum Gasteiger partial charge on any atom is -0.421 e. The van der Waals surface area contributed by atoms with E-state index in [0.717, 1.165) is 4.13 Å². The smallest absolute Gasteiger partial charge is 0.421 e. The lowest BCUT2D eigenvalue weighted by molar-refractivity contribution is -0.684. The number of H-pyrrole nitrogens is 1. The Morgan fingerprint density at radius 2 is 1.36 bits per heavy atom. The van der Waals surface area contributed by atoms with Crippen LogP contribution in [0.25, 0.3) is 4.13 Å². The second kappa shape index (κ2) is 7.49. The molecule has 148 valence electrons. The van der Waals surface area contributed by atoms with E-state index in [1.807, 2.05) is 0 Å². The van der Waals surface area contributed by atoms with Crippen LogP contribution in [0.15, 0.2) is 6.20 Å². The summed E-state index contributed by atoms with van der Waals surface area (Å²) in [4.78, 5) is 3.18. The molecule has 15 heteroatoms. The zero-order valence-corrected chi connectivity index (χ0v) is 14.9. The summed E-state index contributed by atoms with van der Waals surface area (Å²) in [6.45, 7) is 6.47. The molecule has 1 rings (SSSR count). The lowest BCUT2D eigenvalue weighted by atomic mass is 10.1. The molecule has 1 heterocycles. The Hall–Kier alpha value is -1.35. The molecule has 1 aromatic heterocycles. The first-order valence-electron chi connectivity index (χ1n) is 6.24. The van der Waals surface area contributed by atoms with Crippen molar-refractivity contribution in [1.29, 1.82) is 0 Å². The summed E-state index contributed by atoms with van der Waals surface area (Å²) < 4.78 is 111. The molecule has 0 saturated carbocycles. The molecule has 0 aromatic carbocycles. The van der Waals surface area contributed by atoms with Crippen LogP contribution in [0.5, 0.6) is 0 Å². The van der Waals surface area contributed by atoms with Crippen LogP contribution in [-0.2, 0) is 27.1 Å². The van der Waals surface area contributed by atoms with Crippen molar-refractivity contribution >= 4 is 20.0 Å². The zero-order valence-electron chi connectivity index (χ0n) is 13.3. The van der Waals surface area contributed by atoms with Gasteiger partial charge < -0.3 is 4.13 Å². The molecule has 0 spiro atoms. The maximum absolute atomic E-state index is 11.4. The van der Waals surface area contributed by atoms with Crippen LogP contribution >= 0.6 is 0 Å². The van der Waals surface area contributed by atoms with Crippen molar-refractivity contribution in [3.8, 4) is 0 Å². The Kier molecular flexibility index (Phi) is 7.09. The predicted molar refractivity (Wildman–Crippen MR) is 74.1 cm³/mol. The molecule has 0 aliphatic heterocycles. The van der Waals surface area contributed by atoms with Crippen LogP contribution < -0.4 is 4.57 Å². The van der Waals surface area contributed by atoms with Crippen molar-refractivity contribution in [3.05, 3.63) is 21.8 Å². The summed E-state index contributed by atoms with van der Waals surface area (Å²) in [6.07, 6.45) is 2.07. The number of nitrogens with zero attached hydrogens (tertiary/aromatic N) is 2. The van der Waals surface area contributed by atoms with Crippen molar-refractivity contribution in [2.45, 2.75) is 37.7 Å². The first-order chi connectivity index (χ1) is 10.8. The van der Waals surface area contributed by atoms with Crippen molar-refractivity contribution in [1.82, 2.24) is 4.98 Å². The van der Waals surface area contributed by atoms with Gasteiger partial charge in [-0.2, -0.15) is 26.3 Å².